The number of β-amino-alcohol motifs (C(OH)–C–C–N with tert-alkyl or cyclic N) is 1. The molecule has 3 heteroatoms. The normalized spacial score (nSPS) is 22.8. The van der Waals surface area contributed by atoms with Crippen LogP contribution in [0.25, 0.3) is 0 Å². The Morgan fingerprint density at radius 3 is 2.44 bits per heavy atom. The molecule has 1 rings (SSSR count). The number of terminal acetylenes is 1. The van der Waals surface area contributed by atoms with Crippen molar-refractivity contribution < 1.29 is 9.84 Å². The Hall–Kier alpha value is -0.560. The average Bonchev–Trinajstić information content (AvgIpc) is 2.64. The number of likely N-dealkylation sites (tertiary alicyclic amines) is 1. The molecule has 0 amide bonds. The molecule has 1 aliphatic heterocycles. The third-order valence-electron chi connectivity index (χ3n) is 3.74. The van der Waals surface area contributed by atoms with Crippen LogP contribution in [0, 0.1) is 12.3 Å². The standard InChI is InChI=1S/C15H27NO2/c1-4-15(3,5-2)18-13-14(17)12-16-10-8-6-7-9-11-16/h1,14,17H,5-13H2,2-3H3/t14-,15-/m0/s1. The van der Waals surface area contributed by atoms with Crippen molar-refractivity contribution in [3.05, 3.63) is 0 Å². The van der Waals surface area contributed by atoms with Crippen molar-refractivity contribution in [3.8, 4) is 12.3 Å². The van der Waals surface area contributed by atoms with Crippen LogP contribution < -0.4 is 0 Å². The fourth-order valence-corrected chi connectivity index (χ4v) is 2.20. The van der Waals surface area contributed by atoms with Crippen molar-refractivity contribution >= 4 is 0 Å². The summed E-state index contributed by atoms with van der Waals surface area (Å²) in [5.74, 6) is 2.65. The molecule has 1 aliphatic rings. The molecular formula is C15H27NO2. The fraction of sp³-hybridized carbons (Fsp3) is 0.867. The maximum Gasteiger partial charge on any atom is 0.125 e. The second-order valence-corrected chi connectivity index (χ2v) is 5.41. The highest BCUT2D eigenvalue weighted by Gasteiger charge is 2.22. The topological polar surface area (TPSA) is 32.7 Å². The molecule has 2 atom stereocenters. The molecule has 1 fully saturated rings. The Kier molecular flexibility index (Phi) is 6.70. The zero-order valence-corrected chi connectivity index (χ0v) is 11.8. The Balaban J connectivity index is 2.28. The van der Waals surface area contributed by atoms with Gasteiger partial charge in [-0.15, -0.1) is 6.42 Å². The largest absolute Gasteiger partial charge is 0.389 e. The van der Waals surface area contributed by atoms with E-state index < -0.39 is 11.7 Å². The highest BCUT2D eigenvalue weighted by Crippen LogP contribution is 2.15. The Bertz CT molecular complexity index is 266. The first-order chi connectivity index (χ1) is 8.59. The van der Waals surface area contributed by atoms with E-state index in [9.17, 15) is 5.11 Å². The summed E-state index contributed by atoms with van der Waals surface area (Å²) in [6, 6.07) is 0. The van der Waals surface area contributed by atoms with E-state index in [-0.39, 0.29) is 0 Å². The molecule has 1 saturated heterocycles. The van der Waals surface area contributed by atoms with Crippen LogP contribution >= 0.6 is 0 Å². The zero-order valence-electron chi connectivity index (χ0n) is 11.8. The minimum atomic E-state index is -0.542. The second kappa shape index (κ2) is 7.78. The molecule has 0 spiro atoms. The lowest BCUT2D eigenvalue weighted by molar-refractivity contribution is -0.0468. The van der Waals surface area contributed by atoms with Gasteiger partial charge in [0, 0.05) is 6.54 Å². The SMILES string of the molecule is C#C[C@@](C)(CC)OC[C@@H](O)CN1CCCCCC1. The van der Waals surface area contributed by atoms with Crippen molar-refractivity contribution in [2.75, 3.05) is 26.2 Å². The fourth-order valence-electron chi connectivity index (χ4n) is 2.20. The number of rotatable bonds is 6. The molecular weight excluding hydrogens is 226 g/mol. The van der Waals surface area contributed by atoms with Gasteiger partial charge in [-0.2, -0.15) is 0 Å². The summed E-state index contributed by atoms with van der Waals surface area (Å²) in [5, 5.41) is 10.0. The smallest absolute Gasteiger partial charge is 0.125 e. The molecule has 0 bridgehead atoms. The van der Waals surface area contributed by atoms with Gasteiger partial charge >= 0.3 is 0 Å². The highest BCUT2D eigenvalue weighted by atomic mass is 16.5. The number of aliphatic hydroxyl groups is 1. The summed E-state index contributed by atoms with van der Waals surface area (Å²) in [7, 11) is 0. The van der Waals surface area contributed by atoms with E-state index in [0.717, 1.165) is 19.5 Å². The van der Waals surface area contributed by atoms with E-state index in [4.69, 9.17) is 11.2 Å². The summed E-state index contributed by atoms with van der Waals surface area (Å²) < 4.78 is 5.65. The number of ether oxygens (including phenoxy) is 1. The maximum atomic E-state index is 10.0. The van der Waals surface area contributed by atoms with Gasteiger partial charge in [-0.1, -0.05) is 25.7 Å². The van der Waals surface area contributed by atoms with Crippen LogP contribution in [0.1, 0.15) is 46.0 Å². The summed E-state index contributed by atoms with van der Waals surface area (Å²) >= 11 is 0. The lowest BCUT2D eigenvalue weighted by Crippen LogP contribution is -2.38. The molecule has 104 valence electrons. The Morgan fingerprint density at radius 1 is 1.33 bits per heavy atom. The van der Waals surface area contributed by atoms with Gasteiger partial charge in [0.2, 0.25) is 0 Å². The monoisotopic (exact) mass is 253 g/mol. The average molecular weight is 253 g/mol. The molecule has 1 N–H and O–H groups in total. The molecule has 0 aromatic carbocycles. The third-order valence-corrected chi connectivity index (χ3v) is 3.74. The summed E-state index contributed by atoms with van der Waals surface area (Å²) in [4.78, 5) is 2.33. The lowest BCUT2D eigenvalue weighted by atomic mass is 10.1. The Labute approximate surface area is 112 Å². The summed E-state index contributed by atoms with van der Waals surface area (Å²) in [6.07, 6.45) is 10.9. The molecule has 0 saturated carbocycles. The number of hydrogen-bond acceptors (Lipinski definition) is 3. The molecule has 3 nitrogen and oxygen atoms in total. The quantitative estimate of drug-likeness (QED) is 0.735. The van der Waals surface area contributed by atoms with E-state index in [1.807, 2.05) is 13.8 Å². The van der Waals surface area contributed by atoms with Gasteiger partial charge < -0.3 is 14.7 Å². The van der Waals surface area contributed by atoms with Crippen molar-refractivity contribution in [1.82, 2.24) is 4.90 Å². The van der Waals surface area contributed by atoms with Crippen molar-refractivity contribution in [3.63, 3.8) is 0 Å². The van der Waals surface area contributed by atoms with Crippen LogP contribution in [0.2, 0.25) is 0 Å². The number of nitrogens with zero attached hydrogens (tertiary/aromatic N) is 1. The highest BCUT2D eigenvalue weighted by molar-refractivity contribution is 5.05. The van der Waals surface area contributed by atoms with Crippen LogP contribution in [-0.4, -0.2) is 48.0 Å². The van der Waals surface area contributed by atoms with Crippen LogP contribution in [-0.2, 0) is 4.74 Å². The molecule has 0 aliphatic carbocycles. The predicted octanol–water partition coefficient (Wildman–Crippen LogP) is 2.04. The zero-order chi connectivity index (χ0) is 13.4. The molecule has 0 unspecified atom stereocenters. The van der Waals surface area contributed by atoms with Gasteiger partial charge in [-0.25, -0.2) is 0 Å². The molecule has 1 heterocycles. The molecule has 0 aromatic rings. The van der Waals surface area contributed by atoms with Gasteiger partial charge in [0.05, 0.1) is 12.7 Å². The van der Waals surface area contributed by atoms with Crippen molar-refractivity contribution in [1.29, 1.82) is 0 Å². The van der Waals surface area contributed by atoms with Gasteiger partial charge in [-0.3, -0.25) is 0 Å². The lowest BCUT2D eigenvalue weighted by Gasteiger charge is -2.27. The first kappa shape index (κ1) is 15.5. The number of hydrogen-bond donors (Lipinski definition) is 1. The van der Waals surface area contributed by atoms with Crippen LogP contribution in [0.3, 0.4) is 0 Å². The van der Waals surface area contributed by atoms with E-state index >= 15 is 0 Å². The van der Waals surface area contributed by atoms with E-state index in [2.05, 4.69) is 10.8 Å². The first-order valence-corrected chi connectivity index (χ1v) is 7.12. The van der Waals surface area contributed by atoms with E-state index in [0.29, 0.717) is 13.2 Å². The first-order valence-electron chi connectivity index (χ1n) is 7.12. The minimum absolute atomic E-state index is 0.324. The summed E-state index contributed by atoms with van der Waals surface area (Å²) in [5.41, 5.74) is -0.542. The van der Waals surface area contributed by atoms with E-state index in [1.54, 1.807) is 0 Å². The molecule has 0 radical (unpaired) electrons. The molecule has 18 heavy (non-hydrogen) atoms. The van der Waals surface area contributed by atoms with Gasteiger partial charge in [0.15, 0.2) is 0 Å². The van der Waals surface area contributed by atoms with Crippen molar-refractivity contribution in [2.24, 2.45) is 0 Å². The van der Waals surface area contributed by atoms with Crippen LogP contribution in [0.5, 0.6) is 0 Å². The van der Waals surface area contributed by atoms with Gasteiger partial charge in [0.1, 0.15) is 5.60 Å². The van der Waals surface area contributed by atoms with Crippen molar-refractivity contribution in [2.45, 2.75) is 57.7 Å². The second-order valence-electron chi connectivity index (χ2n) is 5.41. The molecule has 0 aromatic heterocycles. The Morgan fingerprint density at radius 2 is 1.94 bits per heavy atom. The maximum absolute atomic E-state index is 10.0. The van der Waals surface area contributed by atoms with Crippen LogP contribution in [0.4, 0.5) is 0 Å². The van der Waals surface area contributed by atoms with Gasteiger partial charge in [0.25, 0.3) is 0 Å². The number of aliphatic hydroxyl groups excluding tert-OH is 1. The predicted molar refractivity (Wildman–Crippen MR) is 74.4 cm³/mol. The van der Waals surface area contributed by atoms with Gasteiger partial charge in [-0.05, 0) is 39.3 Å². The minimum Gasteiger partial charge on any atom is -0.389 e. The van der Waals surface area contributed by atoms with E-state index in [1.165, 1.54) is 25.7 Å². The van der Waals surface area contributed by atoms with Crippen LogP contribution in [0.15, 0.2) is 0 Å². The third kappa shape index (κ3) is 5.39. The summed E-state index contributed by atoms with van der Waals surface area (Å²) in [6.45, 7) is 7.11.